The third kappa shape index (κ3) is 3.57. The maximum atomic E-state index is 4.80. The molecule has 0 spiro atoms. The zero-order chi connectivity index (χ0) is 20.7. The van der Waals surface area contributed by atoms with E-state index in [1.165, 1.54) is 0 Å². The normalized spacial score (nSPS) is 15.4. The molecule has 0 aliphatic carbocycles. The van der Waals surface area contributed by atoms with Crippen molar-refractivity contribution in [3.63, 3.8) is 0 Å². The number of nitrogens with one attached hydrogen (secondary N) is 2. The summed E-state index contributed by atoms with van der Waals surface area (Å²) in [6, 6.07) is 12.9. The van der Waals surface area contributed by atoms with Crippen LogP contribution in [0.25, 0.3) is 21.9 Å². The average molecular weight is 402 g/mol. The molecule has 2 aromatic heterocycles. The SMILES string of the molecule is Cc1cccc2cnc(Nc3ccc4nc(N5CCN(C(C)C)CC5)[nH]c4c3)nc12. The molecule has 5 rings (SSSR count). The summed E-state index contributed by atoms with van der Waals surface area (Å²) < 4.78 is 0. The number of hydrogen-bond donors (Lipinski definition) is 2. The highest BCUT2D eigenvalue weighted by Gasteiger charge is 2.21. The Balaban J connectivity index is 1.36. The molecular formula is C23H27N7. The lowest BCUT2D eigenvalue weighted by Crippen LogP contribution is -2.49. The molecule has 7 nitrogen and oxygen atoms in total. The molecule has 3 heterocycles. The Morgan fingerprint density at radius 2 is 1.87 bits per heavy atom. The van der Waals surface area contributed by atoms with Crippen molar-refractivity contribution >= 4 is 39.5 Å². The van der Waals surface area contributed by atoms with Gasteiger partial charge in [-0.25, -0.2) is 15.0 Å². The number of anilines is 3. The highest BCUT2D eigenvalue weighted by molar-refractivity contribution is 5.84. The van der Waals surface area contributed by atoms with E-state index in [0.717, 1.165) is 65.3 Å². The zero-order valence-corrected chi connectivity index (χ0v) is 17.7. The standard InChI is InChI=1S/C23H27N7/c1-15(2)29-9-11-30(12-10-29)23-26-19-8-7-18(13-20(19)27-23)25-22-24-14-17-6-4-5-16(3)21(17)28-22/h4-8,13-15H,9-12H2,1-3H3,(H,26,27)(H,24,25,28). The number of rotatable bonds is 4. The Kier molecular flexibility index (Phi) is 4.75. The fourth-order valence-electron chi connectivity index (χ4n) is 4.07. The summed E-state index contributed by atoms with van der Waals surface area (Å²) in [6.07, 6.45) is 1.86. The van der Waals surface area contributed by atoms with Gasteiger partial charge in [-0.2, -0.15) is 0 Å². The Morgan fingerprint density at radius 3 is 2.67 bits per heavy atom. The van der Waals surface area contributed by atoms with Crippen LogP contribution in [-0.2, 0) is 0 Å². The Hall–Kier alpha value is -3.19. The zero-order valence-electron chi connectivity index (χ0n) is 17.7. The number of imidazole rings is 1. The summed E-state index contributed by atoms with van der Waals surface area (Å²) in [5, 5.41) is 4.38. The molecule has 0 unspecified atom stereocenters. The van der Waals surface area contributed by atoms with Crippen LogP contribution in [0.4, 0.5) is 17.6 Å². The van der Waals surface area contributed by atoms with Crippen LogP contribution in [-0.4, -0.2) is 57.1 Å². The van der Waals surface area contributed by atoms with Crippen LogP contribution in [0.5, 0.6) is 0 Å². The summed E-state index contributed by atoms with van der Waals surface area (Å²) in [6.45, 7) is 10.7. The van der Waals surface area contributed by atoms with Gasteiger partial charge in [0.15, 0.2) is 0 Å². The summed E-state index contributed by atoms with van der Waals surface area (Å²) in [5.74, 6) is 1.55. The third-order valence-corrected chi connectivity index (χ3v) is 5.88. The first-order chi connectivity index (χ1) is 14.6. The topological polar surface area (TPSA) is 73.0 Å². The molecule has 0 radical (unpaired) electrons. The van der Waals surface area contributed by atoms with Crippen LogP contribution in [0.1, 0.15) is 19.4 Å². The van der Waals surface area contributed by atoms with Gasteiger partial charge in [0.05, 0.1) is 16.6 Å². The fraction of sp³-hybridized carbons (Fsp3) is 0.348. The second-order valence-electron chi connectivity index (χ2n) is 8.24. The van der Waals surface area contributed by atoms with E-state index in [-0.39, 0.29) is 0 Å². The van der Waals surface area contributed by atoms with E-state index in [4.69, 9.17) is 4.98 Å². The summed E-state index contributed by atoms with van der Waals surface area (Å²) in [4.78, 5) is 22.3. The highest BCUT2D eigenvalue weighted by atomic mass is 15.3. The number of aryl methyl sites for hydroxylation is 1. The van der Waals surface area contributed by atoms with Crippen molar-refractivity contribution in [1.82, 2.24) is 24.8 Å². The Morgan fingerprint density at radius 1 is 1.03 bits per heavy atom. The predicted octanol–water partition coefficient (Wildman–Crippen LogP) is 4.09. The molecule has 0 atom stereocenters. The summed E-state index contributed by atoms with van der Waals surface area (Å²) in [5.41, 5.74) is 5.04. The van der Waals surface area contributed by atoms with Crippen molar-refractivity contribution in [1.29, 1.82) is 0 Å². The number of piperazine rings is 1. The van der Waals surface area contributed by atoms with Crippen molar-refractivity contribution in [2.24, 2.45) is 0 Å². The number of para-hydroxylation sites is 1. The molecule has 1 aliphatic heterocycles. The van der Waals surface area contributed by atoms with Gasteiger partial charge in [-0.05, 0) is 44.5 Å². The number of hydrogen-bond acceptors (Lipinski definition) is 6. The van der Waals surface area contributed by atoms with E-state index in [1.807, 2.05) is 30.5 Å². The smallest absolute Gasteiger partial charge is 0.227 e. The van der Waals surface area contributed by atoms with Crippen LogP contribution in [0.3, 0.4) is 0 Å². The first-order valence-electron chi connectivity index (χ1n) is 10.5. The molecule has 7 heteroatoms. The van der Waals surface area contributed by atoms with Crippen LogP contribution >= 0.6 is 0 Å². The number of fused-ring (bicyclic) bond motifs is 2. The number of H-pyrrole nitrogens is 1. The number of aromatic amines is 1. The lowest BCUT2D eigenvalue weighted by Gasteiger charge is -2.36. The molecule has 1 aliphatic rings. The van der Waals surface area contributed by atoms with E-state index in [0.29, 0.717) is 12.0 Å². The molecule has 0 amide bonds. The second-order valence-corrected chi connectivity index (χ2v) is 8.24. The van der Waals surface area contributed by atoms with Crippen molar-refractivity contribution in [3.8, 4) is 0 Å². The van der Waals surface area contributed by atoms with Crippen molar-refractivity contribution in [2.45, 2.75) is 26.8 Å². The van der Waals surface area contributed by atoms with Gasteiger partial charge < -0.3 is 15.2 Å². The lowest BCUT2D eigenvalue weighted by atomic mass is 10.1. The van der Waals surface area contributed by atoms with Gasteiger partial charge in [-0.15, -0.1) is 0 Å². The average Bonchev–Trinajstić information content (AvgIpc) is 3.18. The fourth-order valence-corrected chi connectivity index (χ4v) is 4.07. The number of nitrogens with zero attached hydrogens (tertiary/aromatic N) is 5. The third-order valence-electron chi connectivity index (χ3n) is 5.88. The van der Waals surface area contributed by atoms with Crippen LogP contribution in [0.2, 0.25) is 0 Å². The molecule has 4 aromatic rings. The van der Waals surface area contributed by atoms with E-state index in [2.05, 4.69) is 63.0 Å². The molecule has 30 heavy (non-hydrogen) atoms. The van der Waals surface area contributed by atoms with Crippen molar-refractivity contribution in [3.05, 3.63) is 48.2 Å². The Bertz CT molecular complexity index is 1190. The van der Waals surface area contributed by atoms with Gasteiger partial charge in [0.25, 0.3) is 0 Å². The van der Waals surface area contributed by atoms with Gasteiger partial charge >= 0.3 is 0 Å². The van der Waals surface area contributed by atoms with E-state index < -0.39 is 0 Å². The molecule has 154 valence electrons. The van der Waals surface area contributed by atoms with E-state index in [1.54, 1.807) is 0 Å². The first-order valence-corrected chi connectivity index (χ1v) is 10.5. The molecule has 1 saturated heterocycles. The van der Waals surface area contributed by atoms with E-state index in [9.17, 15) is 0 Å². The summed E-state index contributed by atoms with van der Waals surface area (Å²) >= 11 is 0. The quantitative estimate of drug-likeness (QED) is 0.537. The predicted molar refractivity (Wildman–Crippen MR) is 123 cm³/mol. The van der Waals surface area contributed by atoms with Gasteiger partial charge in [0, 0.05) is 49.5 Å². The first kappa shape index (κ1) is 18.8. The van der Waals surface area contributed by atoms with Gasteiger partial charge in [-0.3, -0.25) is 4.90 Å². The number of aromatic nitrogens is 4. The minimum absolute atomic E-state index is 0.595. The maximum Gasteiger partial charge on any atom is 0.227 e. The minimum Gasteiger partial charge on any atom is -0.340 e. The van der Waals surface area contributed by atoms with Gasteiger partial charge in [-0.1, -0.05) is 18.2 Å². The van der Waals surface area contributed by atoms with Gasteiger partial charge in [0.2, 0.25) is 11.9 Å². The lowest BCUT2D eigenvalue weighted by molar-refractivity contribution is 0.208. The van der Waals surface area contributed by atoms with Crippen molar-refractivity contribution in [2.75, 3.05) is 36.4 Å². The Labute approximate surface area is 176 Å². The largest absolute Gasteiger partial charge is 0.340 e. The molecule has 0 saturated carbocycles. The molecule has 0 bridgehead atoms. The molecule has 2 aromatic carbocycles. The summed E-state index contributed by atoms with van der Waals surface area (Å²) in [7, 11) is 0. The van der Waals surface area contributed by atoms with Crippen molar-refractivity contribution < 1.29 is 0 Å². The monoisotopic (exact) mass is 401 g/mol. The number of benzene rings is 2. The molecule has 2 N–H and O–H groups in total. The molecular weight excluding hydrogens is 374 g/mol. The second kappa shape index (κ2) is 7.57. The van der Waals surface area contributed by atoms with Crippen LogP contribution < -0.4 is 10.2 Å². The maximum absolute atomic E-state index is 4.80. The molecule has 1 fully saturated rings. The van der Waals surface area contributed by atoms with Crippen LogP contribution in [0.15, 0.2) is 42.6 Å². The highest BCUT2D eigenvalue weighted by Crippen LogP contribution is 2.24. The minimum atomic E-state index is 0.595. The van der Waals surface area contributed by atoms with Gasteiger partial charge in [0.1, 0.15) is 0 Å². The van der Waals surface area contributed by atoms with E-state index >= 15 is 0 Å². The van der Waals surface area contributed by atoms with Crippen LogP contribution in [0, 0.1) is 6.92 Å².